The van der Waals surface area contributed by atoms with Crippen molar-refractivity contribution in [3.63, 3.8) is 0 Å². The molecular formula is C10H25N3O2. The summed E-state index contributed by atoms with van der Waals surface area (Å²) in [7, 11) is 0. The van der Waals surface area contributed by atoms with Crippen LogP contribution in [0.1, 0.15) is 25.7 Å². The number of aliphatic hydroxyl groups excluding tert-OH is 2. The van der Waals surface area contributed by atoms with Gasteiger partial charge < -0.3 is 21.3 Å². The van der Waals surface area contributed by atoms with Gasteiger partial charge in [0.15, 0.2) is 0 Å². The molecule has 0 aliphatic carbocycles. The van der Waals surface area contributed by atoms with Crippen LogP contribution in [0.25, 0.3) is 0 Å². The van der Waals surface area contributed by atoms with Gasteiger partial charge in [0.1, 0.15) is 6.23 Å². The molecule has 1 unspecified atom stereocenters. The van der Waals surface area contributed by atoms with Gasteiger partial charge in [0.2, 0.25) is 0 Å². The summed E-state index contributed by atoms with van der Waals surface area (Å²) < 4.78 is 0. The second-order valence-electron chi connectivity index (χ2n) is 3.58. The first kappa shape index (κ1) is 14.8. The Hall–Kier alpha value is -0.200. The predicted molar refractivity (Wildman–Crippen MR) is 61.5 cm³/mol. The number of rotatable bonds is 11. The van der Waals surface area contributed by atoms with Gasteiger partial charge in [0.05, 0.1) is 0 Å². The van der Waals surface area contributed by atoms with E-state index in [1.165, 1.54) is 0 Å². The highest BCUT2D eigenvalue weighted by molar-refractivity contribution is 4.57. The van der Waals surface area contributed by atoms with E-state index in [2.05, 4.69) is 10.6 Å². The Balaban J connectivity index is 3.08. The zero-order valence-electron chi connectivity index (χ0n) is 9.41. The van der Waals surface area contributed by atoms with Crippen molar-refractivity contribution in [1.29, 1.82) is 0 Å². The van der Waals surface area contributed by atoms with Crippen molar-refractivity contribution in [3.05, 3.63) is 0 Å². The molecule has 15 heavy (non-hydrogen) atoms. The molecule has 0 aromatic heterocycles. The van der Waals surface area contributed by atoms with Crippen molar-refractivity contribution in [1.82, 2.24) is 10.6 Å². The van der Waals surface area contributed by atoms with Crippen molar-refractivity contribution >= 4 is 0 Å². The largest absolute Gasteiger partial charge is 0.396 e. The molecule has 5 nitrogen and oxygen atoms in total. The van der Waals surface area contributed by atoms with Crippen molar-refractivity contribution in [2.75, 3.05) is 32.8 Å². The average Bonchev–Trinajstić information content (AvgIpc) is 2.24. The molecular weight excluding hydrogens is 194 g/mol. The Morgan fingerprint density at radius 2 is 1.87 bits per heavy atom. The van der Waals surface area contributed by atoms with Crippen LogP contribution in [0.5, 0.6) is 0 Å². The van der Waals surface area contributed by atoms with Gasteiger partial charge >= 0.3 is 0 Å². The molecule has 0 saturated heterocycles. The van der Waals surface area contributed by atoms with E-state index in [1.54, 1.807) is 0 Å². The highest BCUT2D eigenvalue weighted by Gasteiger charge is 2.01. The topological polar surface area (TPSA) is 90.5 Å². The number of nitrogens with one attached hydrogen (secondary N) is 2. The summed E-state index contributed by atoms with van der Waals surface area (Å²) in [5, 5.41) is 24.2. The Morgan fingerprint density at radius 3 is 2.53 bits per heavy atom. The van der Waals surface area contributed by atoms with Gasteiger partial charge in [-0.1, -0.05) is 6.42 Å². The molecule has 0 bridgehead atoms. The monoisotopic (exact) mass is 219 g/mol. The number of unbranched alkanes of at least 4 members (excludes halogenated alkanes) is 2. The van der Waals surface area contributed by atoms with Crippen LogP contribution >= 0.6 is 0 Å². The number of hydrogen-bond donors (Lipinski definition) is 5. The zero-order chi connectivity index (χ0) is 11.4. The molecule has 0 aliphatic rings. The lowest BCUT2D eigenvalue weighted by Gasteiger charge is -2.12. The fraction of sp³-hybridized carbons (Fsp3) is 1.00. The van der Waals surface area contributed by atoms with Crippen LogP contribution in [0.3, 0.4) is 0 Å². The summed E-state index contributed by atoms with van der Waals surface area (Å²) in [6.07, 6.45) is 3.07. The number of aliphatic hydroxyl groups is 2. The minimum Gasteiger partial charge on any atom is -0.396 e. The maximum absolute atomic E-state index is 9.48. The van der Waals surface area contributed by atoms with E-state index >= 15 is 0 Å². The first-order valence-corrected chi connectivity index (χ1v) is 5.74. The van der Waals surface area contributed by atoms with Gasteiger partial charge in [0, 0.05) is 32.8 Å². The highest BCUT2D eigenvalue weighted by atomic mass is 16.3. The van der Waals surface area contributed by atoms with Crippen LogP contribution in [0.2, 0.25) is 0 Å². The average molecular weight is 219 g/mol. The lowest BCUT2D eigenvalue weighted by atomic mass is 10.2. The molecule has 0 fully saturated rings. The molecule has 0 spiro atoms. The molecule has 5 heteroatoms. The van der Waals surface area contributed by atoms with Gasteiger partial charge in [-0.2, -0.15) is 0 Å². The van der Waals surface area contributed by atoms with Crippen molar-refractivity contribution in [2.45, 2.75) is 31.9 Å². The number of hydrogen-bond acceptors (Lipinski definition) is 5. The van der Waals surface area contributed by atoms with E-state index in [0.717, 1.165) is 45.3 Å². The maximum atomic E-state index is 9.48. The molecule has 0 aromatic carbocycles. The predicted octanol–water partition coefficient (Wildman–Crippen LogP) is -1.00. The van der Waals surface area contributed by atoms with Crippen LogP contribution in [0.15, 0.2) is 0 Å². The smallest absolute Gasteiger partial charge is 0.104 e. The summed E-state index contributed by atoms with van der Waals surface area (Å²) in [5.41, 5.74) is 5.31. The molecule has 0 heterocycles. The second-order valence-corrected chi connectivity index (χ2v) is 3.58. The Kier molecular flexibility index (Phi) is 11.7. The summed E-state index contributed by atoms with van der Waals surface area (Å²) in [6, 6.07) is 0. The summed E-state index contributed by atoms with van der Waals surface area (Å²) in [6.45, 7) is 3.27. The van der Waals surface area contributed by atoms with E-state index in [-0.39, 0.29) is 6.61 Å². The molecule has 1 atom stereocenters. The van der Waals surface area contributed by atoms with E-state index in [4.69, 9.17) is 10.8 Å². The second kappa shape index (κ2) is 11.9. The Morgan fingerprint density at radius 1 is 1.07 bits per heavy atom. The van der Waals surface area contributed by atoms with Crippen LogP contribution in [-0.2, 0) is 0 Å². The van der Waals surface area contributed by atoms with Crippen LogP contribution in [0, 0.1) is 0 Å². The molecule has 0 aromatic rings. The lowest BCUT2D eigenvalue weighted by molar-refractivity contribution is 0.124. The number of nitrogens with two attached hydrogens (primary N) is 1. The zero-order valence-corrected chi connectivity index (χ0v) is 9.41. The molecule has 0 saturated carbocycles. The molecule has 0 rings (SSSR count). The van der Waals surface area contributed by atoms with Gasteiger partial charge in [-0.3, -0.25) is 5.32 Å². The van der Waals surface area contributed by atoms with Crippen LogP contribution < -0.4 is 16.4 Å². The van der Waals surface area contributed by atoms with Gasteiger partial charge in [-0.05, 0) is 19.3 Å². The SMILES string of the molecule is NCCNCCNC(O)CCCCCO. The Labute approximate surface area is 92.1 Å². The molecule has 6 N–H and O–H groups in total. The first-order chi connectivity index (χ1) is 7.31. The quantitative estimate of drug-likeness (QED) is 0.227. The van der Waals surface area contributed by atoms with Crippen LogP contribution in [-0.4, -0.2) is 49.2 Å². The van der Waals surface area contributed by atoms with E-state index < -0.39 is 6.23 Å². The summed E-state index contributed by atoms with van der Waals surface area (Å²) in [5.74, 6) is 0. The normalized spacial score (nSPS) is 13.0. The third kappa shape index (κ3) is 11.7. The van der Waals surface area contributed by atoms with Crippen molar-refractivity contribution < 1.29 is 10.2 Å². The third-order valence-electron chi connectivity index (χ3n) is 2.14. The standard InChI is InChI=1S/C10H25N3O2/c11-5-6-12-7-8-13-10(15)4-2-1-3-9-14/h10,12-15H,1-9,11H2. The first-order valence-electron chi connectivity index (χ1n) is 5.74. The van der Waals surface area contributed by atoms with E-state index in [0.29, 0.717) is 6.54 Å². The van der Waals surface area contributed by atoms with Crippen LogP contribution in [0.4, 0.5) is 0 Å². The van der Waals surface area contributed by atoms with Crippen molar-refractivity contribution in [2.24, 2.45) is 5.73 Å². The molecule has 0 aliphatic heterocycles. The van der Waals surface area contributed by atoms with E-state index in [9.17, 15) is 5.11 Å². The Bertz CT molecular complexity index is 125. The van der Waals surface area contributed by atoms with Gasteiger partial charge in [-0.15, -0.1) is 0 Å². The third-order valence-corrected chi connectivity index (χ3v) is 2.14. The minimum atomic E-state index is -0.427. The highest BCUT2D eigenvalue weighted by Crippen LogP contribution is 2.00. The molecule has 0 radical (unpaired) electrons. The maximum Gasteiger partial charge on any atom is 0.104 e. The van der Waals surface area contributed by atoms with E-state index in [1.807, 2.05) is 0 Å². The minimum absolute atomic E-state index is 0.243. The van der Waals surface area contributed by atoms with Crippen molar-refractivity contribution in [3.8, 4) is 0 Å². The van der Waals surface area contributed by atoms with Gasteiger partial charge in [0.25, 0.3) is 0 Å². The molecule has 0 amide bonds. The summed E-state index contributed by atoms with van der Waals surface area (Å²) >= 11 is 0. The van der Waals surface area contributed by atoms with Gasteiger partial charge in [-0.25, -0.2) is 0 Å². The fourth-order valence-electron chi connectivity index (χ4n) is 1.28. The lowest BCUT2D eigenvalue weighted by Crippen LogP contribution is -2.36. The molecule has 92 valence electrons. The fourth-order valence-corrected chi connectivity index (χ4v) is 1.28. The summed E-state index contributed by atoms with van der Waals surface area (Å²) in [4.78, 5) is 0.